The topological polar surface area (TPSA) is 73.0 Å². The van der Waals surface area contributed by atoms with Crippen molar-refractivity contribution in [1.82, 2.24) is 14.5 Å². The van der Waals surface area contributed by atoms with Crippen LogP contribution in [0.2, 0.25) is 5.02 Å². The number of nitrogens with one attached hydrogen (secondary N) is 1. The van der Waals surface area contributed by atoms with Crippen LogP contribution >= 0.6 is 11.6 Å². The standard InChI is InChI=1S/C21H31ClN4O3S/c1-30(28,29)26-9-6-21(7-10-26)16-18(23-20(21)27)5-8-24-11-13-25(14-12-24)19-4-2-3-17(22)15-19/h2-4,15,18H,5-14,16H2,1H3,(H,23,27)/t18-/m0/s1. The Morgan fingerprint density at radius 1 is 1.13 bits per heavy atom. The fraction of sp³-hybridized carbons (Fsp3) is 0.667. The Labute approximate surface area is 184 Å². The van der Waals surface area contributed by atoms with Gasteiger partial charge in [-0.05, 0) is 43.9 Å². The monoisotopic (exact) mass is 454 g/mol. The van der Waals surface area contributed by atoms with Crippen molar-refractivity contribution in [1.29, 1.82) is 0 Å². The van der Waals surface area contributed by atoms with E-state index in [-0.39, 0.29) is 17.4 Å². The van der Waals surface area contributed by atoms with E-state index < -0.39 is 10.0 Å². The van der Waals surface area contributed by atoms with Gasteiger partial charge in [0.2, 0.25) is 15.9 Å². The summed E-state index contributed by atoms with van der Waals surface area (Å²) < 4.78 is 25.0. The van der Waals surface area contributed by atoms with E-state index in [1.54, 1.807) is 0 Å². The fourth-order valence-corrected chi connectivity index (χ4v) is 6.08. The van der Waals surface area contributed by atoms with E-state index in [1.165, 1.54) is 16.2 Å². The molecule has 1 N–H and O–H groups in total. The Morgan fingerprint density at radius 2 is 1.83 bits per heavy atom. The smallest absolute Gasteiger partial charge is 0.226 e. The molecular weight excluding hydrogens is 424 g/mol. The summed E-state index contributed by atoms with van der Waals surface area (Å²) >= 11 is 6.11. The molecule has 7 nitrogen and oxygen atoms in total. The number of carbonyl (C=O) groups is 1. The maximum Gasteiger partial charge on any atom is 0.226 e. The highest BCUT2D eigenvalue weighted by Gasteiger charge is 2.48. The number of benzene rings is 1. The lowest BCUT2D eigenvalue weighted by molar-refractivity contribution is -0.129. The molecule has 9 heteroatoms. The molecule has 0 unspecified atom stereocenters. The highest BCUT2D eigenvalue weighted by atomic mass is 35.5. The molecule has 3 fully saturated rings. The molecule has 166 valence electrons. The lowest BCUT2D eigenvalue weighted by Crippen LogP contribution is -2.47. The summed E-state index contributed by atoms with van der Waals surface area (Å²) in [5.74, 6) is 0.117. The summed E-state index contributed by atoms with van der Waals surface area (Å²) in [6.07, 6.45) is 4.27. The van der Waals surface area contributed by atoms with Gasteiger partial charge in [-0.2, -0.15) is 0 Å². The molecule has 3 heterocycles. The molecule has 1 aromatic rings. The van der Waals surface area contributed by atoms with Gasteiger partial charge in [-0.3, -0.25) is 9.69 Å². The molecule has 3 aliphatic heterocycles. The largest absolute Gasteiger partial charge is 0.369 e. The molecule has 0 bridgehead atoms. The van der Waals surface area contributed by atoms with Gasteiger partial charge in [0.1, 0.15) is 0 Å². The van der Waals surface area contributed by atoms with Crippen molar-refractivity contribution in [2.24, 2.45) is 5.41 Å². The molecule has 30 heavy (non-hydrogen) atoms. The van der Waals surface area contributed by atoms with Crippen LogP contribution in [0.3, 0.4) is 0 Å². The first kappa shape index (κ1) is 21.9. The van der Waals surface area contributed by atoms with E-state index in [2.05, 4.69) is 21.2 Å². The number of carbonyl (C=O) groups excluding carboxylic acids is 1. The predicted octanol–water partition coefficient (Wildman–Crippen LogP) is 1.78. The Morgan fingerprint density at radius 3 is 2.47 bits per heavy atom. The summed E-state index contributed by atoms with van der Waals surface area (Å²) in [6.45, 7) is 5.82. The Hall–Kier alpha value is -1.35. The summed E-state index contributed by atoms with van der Waals surface area (Å²) in [4.78, 5) is 17.5. The van der Waals surface area contributed by atoms with Gasteiger partial charge in [0, 0.05) is 62.6 Å². The number of halogens is 1. The number of hydrogen-bond acceptors (Lipinski definition) is 5. The average molecular weight is 455 g/mol. The molecule has 0 aliphatic carbocycles. The quantitative estimate of drug-likeness (QED) is 0.734. The van der Waals surface area contributed by atoms with Crippen molar-refractivity contribution in [3.05, 3.63) is 29.3 Å². The number of anilines is 1. The highest BCUT2D eigenvalue weighted by molar-refractivity contribution is 7.88. The van der Waals surface area contributed by atoms with Crippen LogP contribution in [0.1, 0.15) is 25.7 Å². The van der Waals surface area contributed by atoms with Gasteiger partial charge in [-0.25, -0.2) is 12.7 Å². The summed E-state index contributed by atoms with van der Waals surface area (Å²) in [5, 5.41) is 3.96. The normalized spacial score (nSPS) is 25.6. The molecule has 0 aromatic heterocycles. The lowest BCUT2D eigenvalue weighted by Gasteiger charge is -2.37. The minimum absolute atomic E-state index is 0.117. The first-order chi connectivity index (χ1) is 14.2. The van der Waals surface area contributed by atoms with E-state index in [0.29, 0.717) is 25.9 Å². The second-order valence-corrected chi connectivity index (χ2v) is 11.3. The first-order valence-corrected chi connectivity index (χ1v) is 13.0. The predicted molar refractivity (Wildman–Crippen MR) is 119 cm³/mol. The van der Waals surface area contributed by atoms with Crippen molar-refractivity contribution in [2.45, 2.75) is 31.7 Å². The van der Waals surface area contributed by atoms with Crippen molar-refractivity contribution in [2.75, 3.05) is 57.0 Å². The number of rotatable bonds is 5. The zero-order chi connectivity index (χ0) is 21.4. The van der Waals surface area contributed by atoms with E-state index in [1.807, 2.05) is 18.2 Å². The molecule has 3 saturated heterocycles. The minimum Gasteiger partial charge on any atom is -0.369 e. The molecule has 1 amide bonds. The third-order valence-corrected chi connectivity index (χ3v) is 8.48. The number of amides is 1. The highest BCUT2D eigenvalue weighted by Crippen LogP contribution is 2.41. The van der Waals surface area contributed by atoms with Crippen LogP contribution in [-0.2, 0) is 14.8 Å². The molecule has 1 spiro atoms. The van der Waals surface area contributed by atoms with Crippen LogP contribution in [0.25, 0.3) is 0 Å². The van der Waals surface area contributed by atoms with Crippen LogP contribution in [0.5, 0.6) is 0 Å². The van der Waals surface area contributed by atoms with Gasteiger partial charge in [-0.1, -0.05) is 17.7 Å². The Kier molecular flexibility index (Phi) is 6.30. The third kappa shape index (κ3) is 4.77. The number of sulfonamides is 1. The maximum atomic E-state index is 12.7. The molecule has 1 atom stereocenters. The summed E-state index contributed by atoms with van der Waals surface area (Å²) in [7, 11) is -3.17. The van der Waals surface area contributed by atoms with Gasteiger partial charge < -0.3 is 10.2 Å². The molecular formula is C21H31ClN4O3S. The van der Waals surface area contributed by atoms with Crippen molar-refractivity contribution in [3.63, 3.8) is 0 Å². The van der Waals surface area contributed by atoms with E-state index in [0.717, 1.165) is 50.6 Å². The molecule has 1 aromatic carbocycles. The Bertz CT molecular complexity index is 878. The number of hydrogen-bond donors (Lipinski definition) is 1. The first-order valence-electron chi connectivity index (χ1n) is 10.7. The van der Waals surface area contributed by atoms with Gasteiger partial charge in [0.05, 0.1) is 11.7 Å². The minimum atomic E-state index is -3.17. The van der Waals surface area contributed by atoms with E-state index in [4.69, 9.17) is 11.6 Å². The second kappa shape index (κ2) is 8.65. The van der Waals surface area contributed by atoms with Gasteiger partial charge >= 0.3 is 0 Å². The third-order valence-electron chi connectivity index (χ3n) is 6.94. The lowest BCUT2D eigenvalue weighted by atomic mass is 9.76. The maximum absolute atomic E-state index is 12.7. The van der Waals surface area contributed by atoms with E-state index >= 15 is 0 Å². The van der Waals surface area contributed by atoms with Crippen molar-refractivity contribution in [3.8, 4) is 0 Å². The molecule has 0 saturated carbocycles. The van der Waals surface area contributed by atoms with Gasteiger partial charge in [0.15, 0.2) is 0 Å². The zero-order valence-corrected chi connectivity index (χ0v) is 19.1. The van der Waals surface area contributed by atoms with Crippen molar-refractivity contribution < 1.29 is 13.2 Å². The average Bonchev–Trinajstić information content (AvgIpc) is 3.01. The van der Waals surface area contributed by atoms with Crippen LogP contribution in [0.4, 0.5) is 5.69 Å². The SMILES string of the molecule is CS(=O)(=O)N1CCC2(CC1)C[C@H](CCN1CCN(c3cccc(Cl)c3)CC1)NC2=O. The van der Waals surface area contributed by atoms with Crippen LogP contribution in [-0.4, -0.2) is 81.6 Å². The van der Waals surface area contributed by atoms with Gasteiger partial charge in [0.25, 0.3) is 0 Å². The number of piperazine rings is 1. The molecule has 4 rings (SSSR count). The Balaban J connectivity index is 1.24. The second-order valence-electron chi connectivity index (χ2n) is 8.91. The van der Waals surface area contributed by atoms with Crippen molar-refractivity contribution >= 4 is 33.2 Å². The van der Waals surface area contributed by atoms with Crippen LogP contribution in [0, 0.1) is 5.41 Å². The zero-order valence-electron chi connectivity index (χ0n) is 17.5. The number of nitrogens with zero attached hydrogens (tertiary/aromatic N) is 3. The molecule has 3 aliphatic rings. The van der Waals surface area contributed by atoms with E-state index in [9.17, 15) is 13.2 Å². The van der Waals surface area contributed by atoms with Crippen LogP contribution in [0.15, 0.2) is 24.3 Å². The van der Waals surface area contributed by atoms with Crippen LogP contribution < -0.4 is 10.2 Å². The summed E-state index contributed by atoms with van der Waals surface area (Å²) in [6, 6.07) is 8.19. The fourth-order valence-electron chi connectivity index (χ4n) is 5.05. The number of piperidine rings is 1. The van der Waals surface area contributed by atoms with Gasteiger partial charge in [-0.15, -0.1) is 0 Å². The molecule has 0 radical (unpaired) electrons. The summed E-state index contributed by atoms with van der Waals surface area (Å²) in [5.41, 5.74) is 0.796.